The molecule has 1 aliphatic heterocycles. The van der Waals surface area contributed by atoms with Gasteiger partial charge >= 0.3 is 0 Å². The Bertz CT molecular complexity index is 210. The fourth-order valence-corrected chi connectivity index (χ4v) is 3.15. The van der Waals surface area contributed by atoms with Crippen molar-refractivity contribution in [1.29, 1.82) is 0 Å². The Morgan fingerprint density at radius 1 is 1.19 bits per heavy atom. The SMILES string of the molecule is CCC1OCCC1CNCC1CCCC1N. The summed E-state index contributed by atoms with van der Waals surface area (Å²) in [4.78, 5) is 0. The topological polar surface area (TPSA) is 47.3 Å². The van der Waals surface area contributed by atoms with Crippen LogP contribution >= 0.6 is 0 Å². The van der Waals surface area contributed by atoms with Crippen molar-refractivity contribution < 1.29 is 4.74 Å². The lowest BCUT2D eigenvalue weighted by Gasteiger charge is -2.20. The second kappa shape index (κ2) is 5.99. The molecule has 4 unspecified atom stereocenters. The lowest BCUT2D eigenvalue weighted by molar-refractivity contribution is 0.0870. The minimum Gasteiger partial charge on any atom is -0.378 e. The number of ether oxygens (including phenoxy) is 1. The normalized spacial score (nSPS) is 39.4. The van der Waals surface area contributed by atoms with Crippen molar-refractivity contribution in [2.75, 3.05) is 19.7 Å². The van der Waals surface area contributed by atoms with Crippen LogP contribution in [0.3, 0.4) is 0 Å². The Hall–Kier alpha value is -0.120. The zero-order chi connectivity index (χ0) is 11.4. The molecule has 1 aliphatic carbocycles. The van der Waals surface area contributed by atoms with Crippen molar-refractivity contribution >= 4 is 0 Å². The van der Waals surface area contributed by atoms with E-state index < -0.39 is 0 Å². The Morgan fingerprint density at radius 2 is 2.00 bits per heavy atom. The maximum atomic E-state index is 6.06. The van der Waals surface area contributed by atoms with Crippen LogP contribution in [0, 0.1) is 11.8 Å². The Labute approximate surface area is 99.1 Å². The quantitative estimate of drug-likeness (QED) is 0.747. The molecule has 0 aromatic rings. The molecular weight excluding hydrogens is 200 g/mol. The van der Waals surface area contributed by atoms with Gasteiger partial charge in [-0.1, -0.05) is 13.3 Å². The first-order valence-corrected chi connectivity index (χ1v) is 6.89. The highest BCUT2D eigenvalue weighted by Crippen LogP contribution is 2.25. The fraction of sp³-hybridized carbons (Fsp3) is 1.00. The minimum absolute atomic E-state index is 0.439. The average molecular weight is 226 g/mol. The molecule has 3 N–H and O–H groups in total. The van der Waals surface area contributed by atoms with Crippen molar-refractivity contribution in [3.63, 3.8) is 0 Å². The predicted molar refractivity (Wildman–Crippen MR) is 66.3 cm³/mol. The predicted octanol–water partition coefficient (Wildman–Crippen LogP) is 1.52. The lowest BCUT2D eigenvalue weighted by Crippen LogP contribution is -2.36. The summed E-state index contributed by atoms with van der Waals surface area (Å²) in [6, 6.07) is 0.439. The second-order valence-electron chi connectivity index (χ2n) is 5.38. The molecule has 0 aromatic heterocycles. The minimum atomic E-state index is 0.439. The Balaban J connectivity index is 1.63. The van der Waals surface area contributed by atoms with Gasteiger partial charge in [0.05, 0.1) is 6.10 Å². The van der Waals surface area contributed by atoms with Crippen molar-refractivity contribution in [1.82, 2.24) is 5.32 Å². The summed E-state index contributed by atoms with van der Waals surface area (Å²) in [5.41, 5.74) is 6.06. The number of hydrogen-bond donors (Lipinski definition) is 2. The summed E-state index contributed by atoms with van der Waals surface area (Å²) >= 11 is 0. The van der Waals surface area contributed by atoms with Gasteiger partial charge in [0, 0.05) is 19.2 Å². The maximum absolute atomic E-state index is 6.06. The zero-order valence-corrected chi connectivity index (χ0v) is 10.5. The van der Waals surface area contributed by atoms with E-state index >= 15 is 0 Å². The van der Waals surface area contributed by atoms with Gasteiger partial charge in [-0.15, -0.1) is 0 Å². The van der Waals surface area contributed by atoms with E-state index in [1.54, 1.807) is 0 Å². The number of nitrogens with two attached hydrogens (primary N) is 1. The molecule has 2 fully saturated rings. The molecule has 16 heavy (non-hydrogen) atoms. The summed E-state index contributed by atoms with van der Waals surface area (Å²) in [5, 5.41) is 3.60. The first-order valence-electron chi connectivity index (χ1n) is 6.89. The molecule has 0 aromatic carbocycles. The summed E-state index contributed by atoms with van der Waals surface area (Å²) in [6.07, 6.45) is 6.71. The van der Waals surface area contributed by atoms with Crippen LogP contribution in [0.4, 0.5) is 0 Å². The highest BCUT2D eigenvalue weighted by atomic mass is 16.5. The van der Waals surface area contributed by atoms with Crippen LogP contribution in [0.1, 0.15) is 39.0 Å². The van der Waals surface area contributed by atoms with Gasteiger partial charge in [0.15, 0.2) is 0 Å². The largest absolute Gasteiger partial charge is 0.378 e. The van der Waals surface area contributed by atoms with Gasteiger partial charge in [-0.05, 0) is 44.1 Å². The van der Waals surface area contributed by atoms with Gasteiger partial charge in [-0.3, -0.25) is 0 Å². The molecule has 2 aliphatic rings. The van der Waals surface area contributed by atoms with Crippen LogP contribution in [-0.2, 0) is 4.74 Å². The average Bonchev–Trinajstić information content (AvgIpc) is 2.88. The third-order valence-corrected chi connectivity index (χ3v) is 4.28. The van der Waals surface area contributed by atoms with Gasteiger partial charge in [0.1, 0.15) is 0 Å². The molecule has 0 spiro atoms. The zero-order valence-electron chi connectivity index (χ0n) is 10.5. The highest BCUT2D eigenvalue weighted by molar-refractivity contribution is 4.83. The summed E-state index contributed by atoms with van der Waals surface area (Å²) < 4.78 is 5.69. The van der Waals surface area contributed by atoms with Crippen LogP contribution < -0.4 is 11.1 Å². The van der Waals surface area contributed by atoms with Gasteiger partial charge in [0.2, 0.25) is 0 Å². The molecular formula is C13H26N2O. The van der Waals surface area contributed by atoms with Crippen molar-refractivity contribution in [2.45, 2.75) is 51.2 Å². The molecule has 1 heterocycles. The molecule has 2 rings (SSSR count). The number of rotatable bonds is 5. The van der Waals surface area contributed by atoms with E-state index in [0.717, 1.165) is 32.0 Å². The van der Waals surface area contributed by atoms with Crippen LogP contribution in [0.15, 0.2) is 0 Å². The van der Waals surface area contributed by atoms with Gasteiger partial charge in [-0.2, -0.15) is 0 Å². The van der Waals surface area contributed by atoms with Crippen molar-refractivity contribution in [2.24, 2.45) is 17.6 Å². The van der Waals surface area contributed by atoms with Gasteiger partial charge in [0.25, 0.3) is 0 Å². The van der Waals surface area contributed by atoms with Crippen LogP contribution in [0.2, 0.25) is 0 Å². The van der Waals surface area contributed by atoms with E-state index in [4.69, 9.17) is 10.5 Å². The number of nitrogens with one attached hydrogen (secondary N) is 1. The Morgan fingerprint density at radius 3 is 2.69 bits per heavy atom. The fourth-order valence-electron chi connectivity index (χ4n) is 3.15. The van der Waals surface area contributed by atoms with E-state index in [9.17, 15) is 0 Å². The molecule has 3 nitrogen and oxygen atoms in total. The first kappa shape index (κ1) is 12.3. The van der Waals surface area contributed by atoms with Gasteiger partial charge < -0.3 is 15.8 Å². The summed E-state index contributed by atoms with van der Waals surface area (Å²) in [7, 11) is 0. The first-order chi connectivity index (χ1) is 7.81. The smallest absolute Gasteiger partial charge is 0.0613 e. The van der Waals surface area contributed by atoms with E-state index in [-0.39, 0.29) is 0 Å². The molecule has 0 radical (unpaired) electrons. The van der Waals surface area contributed by atoms with Crippen LogP contribution in [0.25, 0.3) is 0 Å². The second-order valence-corrected chi connectivity index (χ2v) is 5.38. The Kier molecular flexibility index (Phi) is 4.62. The molecule has 3 heteroatoms. The molecule has 0 amide bonds. The molecule has 0 bridgehead atoms. The van der Waals surface area contributed by atoms with E-state index in [2.05, 4.69) is 12.2 Å². The van der Waals surface area contributed by atoms with E-state index in [1.807, 2.05) is 0 Å². The van der Waals surface area contributed by atoms with E-state index in [0.29, 0.717) is 18.1 Å². The third-order valence-electron chi connectivity index (χ3n) is 4.28. The third kappa shape index (κ3) is 2.96. The van der Waals surface area contributed by atoms with Crippen LogP contribution in [0.5, 0.6) is 0 Å². The molecule has 94 valence electrons. The van der Waals surface area contributed by atoms with Gasteiger partial charge in [-0.25, -0.2) is 0 Å². The standard InChI is InChI=1S/C13H26N2O/c1-2-13-11(6-7-16-13)9-15-8-10-4-3-5-12(10)14/h10-13,15H,2-9,14H2,1H3. The van der Waals surface area contributed by atoms with E-state index in [1.165, 1.54) is 25.7 Å². The number of hydrogen-bond acceptors (Lipinski definition) is 3. The summed E-state index contributed by atoms with van der Waals surface area (Å²) in [5.74, 6) is 1.44. The highest BCUT2D eigenvalue weighted by Gasteiger charge is 2.27. The van der Waals surface area contributed by atoms with Crippen LogP contribution in [-0.4, -0.2) is 31.8 Å². The monoisotopic (exact) mass is 226 g/mol. The van der Waals surface area contributed by atoms with Crippen molar-refractivity contribution in [3.8, 4) is 0 Å². The lowest BCUT2D eigenvalue weighted by atomic mass is 9.99. The maximum Gasteiger partial charge on any atom is 0.0613 e. The molecule has 1 saturated carbocycles. The molecule has 4 atom stereocenters. The molecule has 1 saturated heterocycles. The van der Waals surface area contributed by atoms with Crippen molar-refractivity contribution in [3.05, 3.63) is 0 Å². The summed E-state index contributed by atoms with van der Waals surface area (Å²) in [6.45, 7) is 5.39.